The zero-order valence-corrected chi connectivity index (χ0v) is 12.1. The van der Waals surface area contributed by atoms with Gasteiger partial charge in [-0.05, 0) is 32.3 Å². The van der Waals surface area contributed by atoms with E-state index in [-0.39, 0.29) is 11.8 Å². The van der Waals surface area contributed by atoms with Gasteiger partial charge < -0.3 is 0 Å². The number of hydrogen-bond donors (Lipinski definition) is 0. The summed E-state index contributed by atoms with van der Waals surface area (Å²) in [6, 6.07) is 10.5. The van der Waals surface area contributed by atoms with Crippen molar-refractivity contribution in [1.82, 2.24) is 14.8 Å². The molecule has 0 N–H and O–H groups in total. The van der Waals surface area contributed by atoms with Crippen LogP contribution in [0.25, 0.3) is 0 Å². The van der Waals surface area contributed by atoms with Crippen molar-refractivity contribution in [3.63, 3.8) is 0 Å². The third-order valence-corrected chi connectivity index (χ3v) is 3.26. The van der Waals surface area contributed by atoms with Crippen LogP contribution in [0.4, 0.5) is 0 Å². The number of benzene rings is 1. The number of nitrogens with zero attached hydrogens (tertiary/aromatic N) is 3. The Bertz CT molecular complexity index is 546. The number of rotatable bonds is 7. The minimum Gasteiger partial charge on any atom is -0.299 e. The summed E-state index contributed by atoms with van der Waals surface area (Å²) in [4.78, 5) is 16.2. The molecule has 0 aliphatic heterocycles. The van der Waals surface area contributed by atoms with E-state index >= 15 is 0 Å². The quantitative estimate of drug-likeness (QED) is 0.777. The molecule has 0 saturated carbocycles. The lowest BCUT2D eigenvalue weighted by Gasteiger charge is -2.08. The molecule has 0 aliphatic rings. The van der Waals surface area contributed by atoms with E-state index in [9.17, 15) is 4.79 Å². The molecule has 2 aromatic rings. The highest BCUT2D eigenvalue weighted by molar-refractivity contribution is 5.80. The van der Waals surface area contributed by atoms with Gasteiger partial charge in [0, 0.05) is 12.5 Å². The number of aryl methyl sites for hydroxylation is 1. The van der Waals surface area contributed by atoms with E-state index in [0.717, 1.165) is 18.7 Å². The Kier molecular flexibility index (Phi) is 5.04. The van der Waals surface area contributed by atoms with Crippen molar-refractivity contribution in [2.45, 2.75) is 45.6 Å². The predicted molar refractivity (Wildman–Crippen MR) is 78.5 cm³/mol. The number of carbonyl (C=O) groups is 1. The van der Waals surface area contributed by atoms with Crippen molar-refractivity contribution in [1.29, 1.82) is 0 Å². The van der Waals surface area contributed by atoms with Crippen molar-refractivity contribution in [3.8, 4) is 0 Å². The summed E-state index contributed by atoms with van der Waals surface area (Å²) in [7, 11) is 0. The monoisotopic (exact) mass is 271 g/mol. The third-order valence-electron chi connectivity index (χ3n) is 3.26. The fraction of sp³-hybridized carbons (Fsp3) is 0.438. The van der Waals surface area contributed by atoms with Crippen LogP contribution < -0.4 is 0 Å². The molecule has 0 radical (unpaired) electrons. The number of carbonyl (C=O) groups excluding carboxylic acids is 1. The van der Waals surface area contributed by atoms with Gasteiger partial charge in [-0.15, -0.1) is 0 Å². The second-order valence-corrected chi connectivity index (χ2v) is 5.27. The molecule has 0 spiro atoms. The fourth-order valence-corrected chi connectivity index (χ4v) is 2.23. The van der Waals surface area contributed by atoms with Crippen LogP contribution in [0.3, 0.4) is 0 Å². The molecule has 0 bridgehead atoms. The standard InChI is InChI=1S/C16H21N3O/c1-13(2)19-16(17-12-18-19)11-15(20)10-6-9-14-7-4-3-5-8-14/h3-5,7-8,12-13H,6,9-11H2,1-2H3. The predicted octanol–water partition coefficient (Wildman–Crippen LogP) is 2.99. The molecule has 0 amide bonds. The van der Waals surface area contributed by atoms with Gasteiger partial charge in [0.1, 0.15) is 17.9 Å². The number of ketones is 1. The number of Topliss-reactive ketones (excluding diaryl/α,β-unsaturated/α-hetero) is 1. The minimum atomic E-state index is 0.232. The van der Waals surface area contributed by atoms with Crippen LogP contribution in [-0.4, -0.2) is 20.5 Å². The van der Waals surface area contributed by atoms with Gasteiger partial charge in [-0.2, -0.15) is 5.10 Å². The summed E-state index contributed by atoms with van der Waals surface area (Å²) in [5, 5.41) is 4.15. The van der Waals surface area contributed by atoms with E-state index in [4.69, 9.17) is 0 Å². The molecular weight excluding hydrogens is 250 g/mol. The van der Waals surface area contributed by atoms with Crippen molar-refractivity contribution in [2.24, 2.45) is 0 Å². The van der Waals surface area contributed by atoms with E-state index < -0.39 is 0 Å². The van der Waals surface area contributed by atoms with E-state index in [1.807, 2.05) is 36.7 Å². The largest absolute Gasteiger partial charge is 0.299 e. The second-order valence-electron chi connectivity index (χ2n) is 5.27. The van der Waals surface area contributed by atoms with Gasteiger partial charge in [-0.25, -0.2) is 9.67 Å². The topological polar surface area (TPSA) is 47.8 Å². The average Bonchev–Trinajstić information content (AvgIpc) is 2.88. The first-order valence-electron chi connectivity index (χ1n) is 7.11. The van der Waals surface area contributed by atoms with Gasteiger partial charge in [0.2, 0.25) is 0 Å². The summed E-state index contributed by atoms with van der Waals surface area (Å²) in [5.74, 6) is 1.00. The first-order valence-corrected chi connectivity index (χ1v) is 7.11. The fourth-order valence-electron chi connectivity index (χ4n) is 2.23. The van der Waals surface area contributed by atoms with Crippen LogP contribution >= 0.6 is 0 Å². The highest BCUT2D eigenvalue weighted by atomic mass is 16.1. The van der Waals surface area contributed by atoms with E-state index in [1.165, 1.54) is 11.9 Å². The highest BCUT2D eigenvalue weighted by Gasteiger charge is 2.11. The van der Waals surface area contributed by atoms with Crippen LogP contribution in [0.5, 0.6) is 0 Å². The second kappa shape index (κ2) is 6.98. The Labute approximate surface area is 119 Å². The molecular formula is C16H21N3O. The van der Waals surface area contributed by atoms with E-state index in [2.05, 4.69) is 22.2 Å². The maximum atomic E-state index is 12.0. The summed E-state index contributed by atoms with van der Waals surface area (Å²) in [6.45, 7) is 4.08. The Hall–Kier alpha value is -1.97. The third kappa shape index (κ3) is 4.02. The maximum Gasteiger partial charge on any atom is 0.140 e. The van der Waals surface area contributed by atoms with Crippen molar-refractivity contribution >= 4 is 5.78 Å². The molecule has 106 valence electrons. The summed E-state index contributed by atoms with van der Waals surface area (Å²) >= 11 is 0. The summed E-state index contributed by atoms with van der Waals surface area (Å²) in [6.07, 6.45) is 4.33. The van der Waals surface area contributed by atoms with Gasteiger partial charge in [0.05, 0.1) is 6.42 Å². The Morgan fingerprint density at radius 2 is 2.00 bits per heavy atom. The summed E-state index contributed by atoms with van der Waals surface area (Å²) < 4.78 is 1.81. The molecule has 0 atom stereocenters. The number of aromatic nitrogens is 3. The molecule has 0 aliphatic carbocycles. The van der Waals surface area contributed by atoms with Gasteiger partial charge in [-0.1, -0.05) is 30.3 Å². The summed E-state index contributed by atoms with van der Waals surface area (Å²) in [5.41, 5.74) is 1.28. The lowest BCUT2D eigenvalue weighted by Crippen LogP contribution is -2.13. The maximum absolute atomic E-state index is 12.0. The van der Waals surface area contributed by atoms with Gasteiger partial charge in [0.15, 0.2) is 0 Å². The molecule has 0 saturated heterocycles. The molecule has 1 heterocycles. The first-order chi connectivity index (χ1) is 9.66. The highest BCUT2D eigenvalue weighted by Crippen LogP contribution is 2.09. The van der Waals surface area contributed by atoms with Crippen LogP contribution in [0.15, 0.2) is 36.7 Å². The molecule has 0 unspecified atom stereocenters. The minimum absolute atomic E-state index is 0.232. The smallest absolute Gasteiger partial charge is 0.140 e. The first kappa shape index (κ1) is 14.4. The molecule has 2 rings (SSSR count). The SMILES string of the molecule is CC(C)n1ncnc1CC(=O)CCCc1ccccc1. The zero-order chi connectivity index (χ0) is 14.4. The normalized spacial score (nSPS) is 10.9. The number of hydrogen-bond acceptors (Lipinski definition) is 3. The van der Waals surface area contributed by atoms with Crippen LogP contribution in [-0.2, 0) is 17.6 Å². The molecule has 0 fully saturated rings. The van der Waals surface area contributed by atoms with Crippen molar-refractivity contribution in [3.05, 3.63) is 48.0 Å². The van der Waals surface area contributed by atoms with Crippen molar-refractivity contribution < 1.29 is 4.79 Å². The molecule has 1 aromatic heterocycles. The van der Waals surface area contributed by atoms with Crippen LogP contribution in [0.1, 0.15) is 44.1 Å². The molecule has 4 nitrogen and oxygen atoms in total. The van der Waals surface area contributed by atoms with Gasteiger partial charge >= 0.3 is 0 Å². The molecule has 1 aromatic carbocycles. The zero-order valence-electron chi connectivity index (χ0n) is 12.1. The Morgan fingerprint density at radius 3 is 2.70 bits per heavy atom. The molecule has 4 heteroatoms. The average molecular weight is 271 g/mol. The lowest BCUT2D eigenvalue weighted by atomic mass is 10.1. The van der Waals surface area contributed by atoms with E-state index in [0.29, 0.717) is 12.8 Å². The lowest BCUT2D eigenvalue weighted by molar-refractivity contribution is -0.118. The van der Waals surface area contributed by atoms with E-state index in [1.54, 1.807) is 0 Å². The van der Waals surface area contributed by atoms with Crippen LogP contribution in [0.2, 0.25) is 0 Å². The Balaban J connectivity index is 1.79. The van der Waals surface area contributed by atoms with Crippen LogP contribution in [0, 0.1) is 0 Å². The molecule has 20 heavy (non-hydrogen) atoms. The van der Waals surface area contributed by atoms with Gasteiger partial charge in [0.25, 0.3) is 0 Å². The Morgan fingerprint density at radius 1 is 1.25 bits per heavy atom. The van der Waals surface area contributed by atoms with Gasteiger partial charge in [-0.3, -0.25) is 4.79 Å². The van der Waals surface area contributed by atoms with Crippen molar-refractivity contribution in [2.75, 3.05) is 0 Å².